The molecule has 0 aliphatic carbocycles. The second-order valence-corrected chi connectivity index (χ2v) is 3.08. The number of carbonyl (C=O) groups excluding carboxylic acids is 1. The maximum Gasteiger partial charge on any atom is 0.219 e. The molecule has 0 aliphatic rings. The van der Waals surface area contributed by atoms with Gasteiger partial charge in [-0.2, -0.15) is 0 Å². The van der Waals surface area contributed by atoms with Gasteiger partial charge in [0.2, 0.25) is 5.91 Å². The van der Waals surface area contributed by atoms with Crippen molar-refractivity contribution in [3.8, 4) is 0 Å². The second kappa shape index (κ2) is 5.14. The molecule has 0 saturated heterocycles. The quantitative estimate of drug-likeness (QED) is 0.628. The third kappa shape index (κ3) is 3.08. The van der Waals surface area contributed by atoms with E-state index in [1.54, 1.807) is 0 Å². The number of aromatic nitrogens is 2. The molecule has 0 atom stereocenters. The van der Waals surface area contributed by atoms with Crippen LogP contribution < -0.4 is 16.8 Å². The summed E-state index contributed by atoms with van der Waals surface area (Å²) in [5, 5.41) is 3.00. The number of hydrogen-bond donors (Lipinski definition) is 3. The average molecular weight is 209 g/mol. The molecule has 0 unspecified atom stereocenters. The lowest BCUT2D eigenvalue weighted by atomic mass is 10.2. The number of amides is 1. The lowest BCUT2D eigenvalue weighted by Crippen LogP contribution is -2.17. The topological polar surface area (TPSA) is 107 Å². The molecule has 15 heavy (non-hydrogen) atoms. The number of primary amides is 1. The summed E-state index contributed by atoms with van der Waals surface area (Å²) in [6.07, 6.45) is 2.40. The van der Waals surface area contributed by atoms with Crippen molar-refractivity contribution in [3.63, 3.8) is 0 Å². The normalized spacial score (nSPS) is 9.93. The number of carbonyl (C=O) groups is 1. The monoisotopic (exact) mass is 209 g/mol. The van der Waals surface area contributed by atoms with Gasteiger partial charge in [0.1, 0.15) is 18.0 Å². The number of nitrogens with two attached hydrogens (primary N) is 2. The molecule has 1 amide bonds. The highest BCUT2D eigenvalue weighted by atomic mass is 16.1. The molecule has 82 valence electrons. The van der Waals surface area contributed by atoms with Gasteiger partial charge < -0.3 is 16.8 Å². The number of hydrogen-bond acceptors (Lipinski definition) is 5. The fourth-order valence-electron chi connectivity index (χ4n) is 1.23. The van der Waals surface area contributed by atoms with Crippen LogP contribution in [0, 0.1) is 0 Å². The Morgan fingerprint density at radius 2 is 2.27 bits per heavy atom. The molecular weight excluding hydrogens is 194 g/mol. The van der Waals surface area contributed by atoms with E-state index in [0.29, 0.717) is 18.2 Å². The van der Waals surface area contributed by atoms with Crippen LogP contribution in [0.5, 0.6) is 0 Å². The van der Waals surface area contributed by atoms with E-state index < -0.39 is 0 Å². The minimum atomic E-state index is -0.345. The van der Waals surface area contributed by atoms with Gasteiger partial charge in [-0.25, -0.2) is 9.97 Å². The lowest BCUT2D eigenvalue weighted by molar-refractivity contribution is -0.117. The number of anilines is 2. The molecule has 0 aliphatic heterocycles. The number of nitrogen functional groups attached to an aromatic ring is 1. The Kier molecular flexibility index (Phi) is 3.84. The first-order chi connectivity index (χ1) is 7.15. The summed E-state index contributed by atoms with van der Waals surface area (Å²) in [4.78, 5) is 18.5. The standard InChI is InChI=1S/C9H15N5O/c1-2-6-8(11)13-5-14-9(6)12-4-3-7(10)15/h5H,2-4H2,1H3,(H2,10,15)(H3,11,12,13,14). The molecular formula is C9H15N5O. The molecule has 1 rings (SSSR count). The Balaban J connectivity index is 2.67. The Hall–Kier alpha value is -1.85. The smallest absolute Gasteiger partial charge is 0.219 e. The predicted octanol–water partition coefficient (Wildman–Crippen LogP) is -0.0915. The van der Waals surface area contributed by atoms with E-state index in [0.717, 1.165) is 12.0 Å². The zero-order chi connectivity index (χ0) is 11.3. The largest absolute Gasteiger partial charge is 0.383 e. The molecule has 5 N–H and O–H groups in total. The van der Waals surface area contributed by atoms with Gasteiger partial charge in [-0.1, -0.05) is 6.92 Å². The number of nitrogens with zero attached hydrogens (tertiary/aromatic N) is 2. The summed E-state index contributed by atoms with van der Waals surface area (Å²) in [6, 6.07) is 0. The third-order valence-corrected chi connectivity index (χ3v) is 2.00. The zero-order valence-electron chi connectivity index (χ0n) is 8.66. The Labute approximate surface area is 88.1 Å². The lowest BCUT2D eigenvalue weighted by Gasteiger charge is -2.09. The van der Waals surface area contributed by atoms with E-state index in [1.165, 1.54) is 6.33 Å². The molecule has 1 aromatic rings. The van der Waals surface area contributed by atoms with Crippen molar-refractivity contribution in [2.24, 2.45) is 5.73 Å². The van der Waals surface area contributed by atoms with Gasteiger partial charge in [-0.05, 0) is 6.42 Å². The Bertz CT molecular complexity index is 352. The first kappa shape index (κ1) is 11.2. The van der Waals surface area contributed by atoms with Crippen LogP contribution in [-0.4, -0.2) is 22.4 Å². The van der Waals surface area contributed by atoms with Crippen LogP contribution in [0.25, 0.3) is 0 Å². The van der Waals surface area contributed by atoms with Gasteiger partial charge in [0.25, 0.3) is 0 Å². The first-order valence-corrected chi connectivity index (χ1v) is 4.76. The van der Waals surface area contributed by atoms with Gasteiger partial charge in [0, 0.05) is 18.5 Å². The fraction of sp³-hybridized carbons (Fsp3) is 0.444. The van der Waals surface area contributed by atoms with Gasteiger partial charge in [0.05, 0.1) is 0 Å². The molecule has 1 aromatic heterocycles. The number of nitrogens with one attached hydrogen (secondary N) is 1. The maximum absolute atomic E-state index is 10.5. The van der Waals surface area contributed by atoms with Crippen LogP contribution >= 0.6 is 0 Å². The predicted molar refractivity (Wildman–Crippen MR) is 58.1 cm³/mol. The van der Waals surface area contributed by atoms with Crippen molar-refractivity contribution in [1.82, 2.24) is 9.97 Å². The van der Waals surface area contributed by atoms with Gasteiger partial charge in [-0.15, -0.1) is 0 Å². The van der Waals surface area contributed by atoms with Crippen LogP contribution in [0.4, 0.5) is 11.6 Å². The number of rotatable bonds is 5. The average Bonchev–Trinajstić information content (AvgIpc) is 2.17. The minimum Gasteiger partial charge on any atom is -0.383 e. The summed E-state index contributed by atoms with van der Waals surface area (Å²) < 4.78 is 0. The van der Waals surface area contributed by atoms with Crippen LogP contribution in [-0.2, 0) is 11.2 Å². The van der Waals surface area contributed by atoms with E-state index in [9.17, 15) is 4.79 Å². The Morgan fingerprint density at radius 3 is 2.87 bits per heavy atom. The maximum atomic E-state index is 10.5. The molecule has 6 nitrogen and oxygen atoms in total. The molecule has 0 aromatic carbocycles. The molecule has 0 fully saturated rings. The molecule has 1 heterocycles. The van der Waals surface area contributed by atoms with Crippen LogP contribution in [0.1, 0.15) is 18.9 Å². The van der Waals surface area contributed by atoms with Gasteiger partial charge >= 0.3 is 0 Å². The fourth-order valence-corrected chi connectivity index (χ4v) is 1.23. The molecule has 6 heteroatoms. The second-order valence-electron chi connectivity index (χ2n) is 3.08. The summed E-state index contributed by atoms with van der Waals surface area (Å²) in [6.45, 7) is 2.42. The summed E-state index contributed by atoms with van der Waals surface area (Å²) >= 11 is 0. The van der Waals surface area contributed by atoms with Crippen molar-refractivity contribution < 1.29 is 4.79 Å². The highest BCUT2D eigenvalue weighted by Crippen LogP contribution is 2.17. The zero-order valence-corrected chi connectivity index (χ0v) is 8.66. The molecule has 0 saturated carbocycles. The first-order valence-electron chi connectivity index (χ1n) is 4.76. The van der Waals surface area contributed by atoms with Crippen molar-refractivity contribution in [1.29, 1.82) is 0 Å². The van der Waals surface area contributed by atoms with E-state index in [4.69, 9.17) is 11.5 Å². The van der Waals surface area contributed by atoms with Crippen molar-refractivity contribution >= 4 is 17.5 Å². The van der Waals surface area contributed by atoms with Crippen LogP contribution in [0.2, 0.25) is 0 Å². The third-order valence-electron chi connectivity index (χ3n) is 2.00. The molecule has 0 spiro atoms. The SMILES string of the molecule is CCc1c(N)ncnc1NCCC(N)=O. The van der Waals surface area contributed by atoms with E-state index in [1.807, 2.05) is 6.92 Å². The Morgan fingerprint density at radius 1 is 1.53 bits per heavy atom. The minimum absolute atomic E-state index is 0.271. The highest BCUT2D eigenvalue weighted by Gasteiger charge is 2.06. The van der Waals surface area contributed by atoms with Crippen molar-refractivity contribution in [3.05, 3.63) is 11.9 Å². The van der Waals surface area contributed by atoms with E-state index >= 15 is 0 Å². The van der Waals surface area contributed by atoms with Crippen molar-refractivity contribution in [2.75, 3.05) is 17.6 Å². The summed E-state index contributed by atoms with van der Waals surface area (Å²) in [5.41, 5.74) is 11.6. The van der Waals surface area contributed by atoms with Gasteiger partial charge in [0.15, 0.2) is 0 Å². The highest BCUT2D eigenvalue weighted by molar-refractivity contribution is 5.74. The molecule has 0 bridgehead atoms. The summed E-state index contributed by atoms with van der Waals surface area (Å²) in [7, 11) is 0. The van der Waals surface area contributed by atoms with Crippen LogP contribution in [0.15, 0.2) is 6.33 Å². The molecule has 0 radical (unpaired) electrons. The van der Waals surface area contributed by atoms with E-state index in [2.05, 4.69) is 15.3 Å². The van der Waals surface area contributed by atoms with Crippen LogP contribution in [0.3, 0.4) is 0 Å². The van der Waals surface area contributed by atoms with Gasteiger partial charge in [-0.3, -0.25) is 4.79 Å². The summed E-state index contributed by atoms with van der Waals surface area (Å²) in [5.74, 6) is 0.794. The van der Waals surface area contributed by atoms with Crippen molar-refractivity contribution in [2.45, 2.75) is 19.8 Å². The van der Waals surface area contributed by atoms with E-state index in [-0.39, 0.29) is 12.3 Å².